The summed E-state index contributed by atoms with van der Waals surface area (Å²) in [7, 11) is 1.65. The topological polar surface area (TPSA) is 21.3 Å². The Hall–Kier alpha value is -1.78. The number of rotatable bonds is 6. The van der Waals surface area contributed by atoms with E-state index in [0.717, 1.165) is 17.2 Å². The number of hydrogen-bond acceptors (Lipinski definition) is 2. The molecule has 106 valence electrons. The fourth-order valence-electron chi connectivity index (χ4n) is 2.00. The molecule has 0 aliphatic rings. The smallest absolute Gasteiger partial charge is 0.130 e. The summed E-state index contributed by atoms with van der Waals surface area (Å²) in [5.74, 6) is -1.08. The monoisotopic (exact) mass is 277 g/mol. The van der Waals surface area contributed by atoms with E-state index in [2.05, 4.69) is 5.32 Å². The molecule has 0 aromatic heterocycles. The highest BCUT2D eigenvalue weighted by molar-refractivity contribution is 5.23. The van der Waals surface area contributed by atoms with Gasteiger partial charge in [0.15, 0.2) is 0 Å². The SMILES string of the molecule is COCc1cccc(CNCc2ccc(F)cc2F)c1. The summed E-state index contributed by atoms with van der Waals surface area (Å²) in [4.78, 5) is 0. The Morgan fingerprint density at radius 3 is 2.55 bits per heavy atom. The Kier molecular flexibility index (Phi) is 5.21. The maximum atomic E-state index is 13.4. The van der Waals surface area contributed by atoms with Crippen molar-refractivity contribution in [2.75, 3.05) is 7.11 Å². The van der Waals surface area contributed by atoms with Crippen molar-refractivity contribution in [3.63, 3.8) is 0 Å². The van der Waals surface area contributed by atoms with Crippen LogP contribution in [0.15, 0.2) is 42.5 Å². The van der Waals surface area contributed by atoms with Gasteiger partial charge in [-0.2, -0.15) is 0 Å². The molecule has 0 spiro atoms. The van der Waals surface area contributed by atoms with Gasteiger partial charge in [-0.15, -0.1) is 0 Å². The largest absolute Gasteiger partial charge is 0.380 e. The predicted octanol–water partition coefficient (Wildman–Crippen LogP) is 3.40. The molecule has 0 atom stereocenters. The first kappa shape index (κ1) is 14.6. The molecule has 0 saturated carbocycles. The molecule has 0 aliphatic heterocycles. The van der Waals surface area contributed by atoms with Crippen LogP contribution in [0, 0.1) is 11.6 Å². The second-order valence-electron chi connectivity index (χ2n) is 4.59. The predicted molar refractivity (Wildman–Crippen MR) is 74.1 cm³/mol. The maximum Gasteiger partial charge on any atom is 0.130 e. The van der Waals surface area contributed by atoms with Crippen molar-refractivity contribution in [1.29, 1.82) is 0 Å². The van der Waals surface area contributed by atoms with Crippen molar-refractivity contribution in [2.45, 2.75) is 19.7 Å². The normalized spacial score (nSPS) is 10.8. The quantitative estimate of drug-likeness (QED) is 0.873. The van der Waals surface area contributed by atoms with E-state index in [1.807, 2.05) is 24.3 Å². The van der Waals surface area contributed by atoms with Crippen LogP contribution in [0.3, 0.4) is 0 Å². The van der Waals surface area contributed by atoms with E-state index in [0.29, 0.717) is 25.3 Å². The van der Waals surface area contributed by atoms with Gasteiger partial charge in [0.1, 0.15) is 11.6 Å². The molecule has 2 nitrogen and oxygen atoms in total. The standard InChI is InChI=1S/C16H17F2NO/c1-20-11-13-4-2-3-12(7-13)9-19-10-14-5-6-15(17)8-16(14)18/h2-8,19H,9-11H2,1H3. The second kappa shape index (κ2) is 7.12. The van der Waals surface area contributed by atoms with E-state index in [1.165, 1.54) is 12.1 Å². The van der Waals surface area contributed by atoms with Crippen LogP contribution in [0.4, 0.5) is 8.78 Å². The van der Waals surface area contributed by atoms with Gasteiger partial charge in [0.25, 0.3) is 0 Å². The third-order valence-corrected chi connectivity index (χ3v) is 2.96. The number of hydrogen-bond donors (Lipinski definition) is 1. The molecular formula is C16H17F2NO. The van der Waals surface area contributed by atoms with E-state index in [9.17, 15) is 8.78 Å². The zero-order valence-electron chi connectivity index (χ0n) is 11.3. The molecule has 2 rings (SSSR count). The Bertz CT molecular complexity index is 572. The van der Waals surface area contributed by atoms with Gasteiger partial charge < -0.3 is 10.1 Å². The highest BCUT2D eigenvalue weighted by Gasteiger charge is 2.03. The Morgan fingerprint density at radius 1 is 1.00 bits per heavy atom. The average molecular weight is 277 g/mol. The first-order valence-corrected chi connectivity index (χ1v) is 6.40. The molecular weight excluding hydrogens is 260 g/mol. The van der Waals surface area contributed by atoms with Crippen molar-refractivity contribution < 1.29 is 13.5 Å². The molecule has 2 aromatic carbocycles. The van der Waals surface area contributed by atoms with Gasteiger partial charge in [-0.05, 0) is 17.2 Å². The van der Waals surface area contributed by atoms with Gasteiger partial charge in [-0.3, -0.25) is 0 Å². The lowest BCUT2D eigenvalue weighted by molar-refractivity contribution is 0.185. The summed E-state index contributed by atoms with van der Waals surface area (Å²) in [6.07, 6.45) is 0. The minimum atomic E-state index is -0.557. The van der Waals surface area contributed by atoms with Crippen molar-refractivity contribution >= 4 is 0 Å². The second-order valence-corrected chi connectivity index (χ2v) is 4.59. The minimum Gasteiger partial charge on any atom is -0.380 e. The fourth-order valence-corrected chi connectivity index (χ4v) is 2.00. The number of ether oxygens (including phenoxy) is 1. The molecule has 0 bridgehead atoms. The van der Waals surface area contributed by atoms with Gasteiger partial charge in [0.05, 0.1) is 6.61 Å². The summed E-state index contributed by atoms with van der Waals surface area (Å²) in [6.45, 7) is 1.55. The van der Waals surface area contributed by atoms with E-state index in [1.54, 1.807) is 7.11 Å². The summed E-state index contributed by atoms with van der Waals surface area (Å²) in [5.41, 5.74) is 2.65. The van der Waals surface area contributed by atoms with Crippen LogP contribution >= 0.6 is 0 Å². The van der Waals surface area contributed by atoms with Gasteiger partial charge >= 0.3 is 0 Å². The Morgan fingerprint density at radius 2 is 1.80 bits per heavy atom. The molecule has 1 N–H and O–H groups in total. The first-order valence-electron chi connectivity index (χ1n) is 6.40. The summed E-state index contributed by atoms with van der Waals surface area (Å²) < 4.78 is 31.3. The van der Waals surface area contributed by atoms with E-state index < -0.39 is 11.6 Å². The van der Waals surface area contributed by atoms with Crippen molar-refractivity contribution in [3.8, 4) is 0 Å². The molecule has 4 heteroatoms. The van der Waals surface area contributed by atoms with E-state index >= 15 is 0 Å². The van der Waals surface area contributed by atoms with Gasteiger partial charge in [0, 0.05) is 31.8 Å². The Balaban J connectivity index is 1.90. The zero-order chi connectivity index (χ0) is 14.4. The van der Waals surface area contributed by atoms with Crippen LogP contribution in [-0.2, 0) is 24.4 Å². The highest BCUT2D eigenvalue weighted by Crippen LogP contribution is 2.10. The molecule has 0 aliphatic carbocycles. The molecule has 0 radical (unpaired) electrons. The summed E-state index contributed by atoms with van der Waals surface area (Å²) in [5, 5.41) is 3.14. The molecule has 0 amide bonds. The molecule has 0 fully saturated rings. The lowest BCUT2D eigenvalue weighted by atomic mass is 10.1. The third kappa shape index (κ3) is 4.11. The van der Waals surface area contributed by atoms with Crippen molar-refractivity contribution in [3.05, 3.63) is 70.8 Å². The molecule has 20 heavy (non-hydrogen) atoms. The fraction of sp³-hybridized carbons (Fsp3) is 0.250. The molecule has 0 unspecified atom stereocenters. The van der Waals surface area contributed by atoms with Crippen LogP contribution in [0.2, 0.25) is 0 Å². The minimum absolute atomic E-state index is 0.362. The third-order valence-electron chi connectivity index (χ3n) is 2.96. The van der Waals surface area contributed by atoms with E-state index in [4.69, 9.17) is 4.74 Å². The number of methoxy groups -OCH3 is 1. The summed E-state index contributed by atoms with van der Waals surface area (Å²) in [6, 6.07) is 11.6. The van der Waals surface area contributed by atoms with E-state index in [-0.39, 0.29) is 0 Å². The van der Waals surface area contributed by atoms with Crippen LogP contribution in [0.5, 0.6) is 0 Å². The number of nitrogens with one attached hydrogen (secondary N) is 1. The average Bonchev–Trinajstić information content (AvgIpc) is 2.42. The molecule has 2 aromatic rings. The van der Waals surface area contributed by atoms with Crippen LogP contribution in [-0.4, -0.2) is 7.11 Å². The maximum absolute atomic E-state index is 13.4. The Labute approximate surface area is 117 Å². The van der Waals surface area contributed by atoms with Crippen LogP contribution in [0.25, 0.3) is 0 Å². The lowest BCUT2D eigenvalue weighted by Gasteiger charge is -2.08. The molecule has 0 heterocycles. The number of benzene rings is 2. The van der Waals surface area contributed by atoms with Gasteiger partial charge in [-0.25, -0.2) is 8.78 Å². The highest BCUT2D eigenvalue weighted by atomic mass is 19.1. The number of halogens is 2. The van der Waals surface area contributed by atoms with Crippen molar-refractivity contribution in [2.24, 2.45) is 0 Å². The van der Waals surface area contributed by atoms with Gasteiger partial charge in [0.2, 0.25) is 0 Å². The zero-order valence-corrected chi connectivity index (χ0v) is 11.3. The summed E-state index contributed by atoms with van der Waals surface area (Å²) >= 11 is 0. The molecule has 0 saturated heterocycles. The first-order chi connectivity index (χ1) is 9.69. The van der Waals surface area contributed by atoms with Gasteiger partial charge in [-0.1, -0.05) is 30.3 Å². The lowest BCUT2D eigenvalue weighted by Crippen LogP contribution is -2.14. The van der Waals surface area contributed by atoms with Crippen LogP contribution in [0.1, 0.15) is 16.7 Å². The van der Waals surface area contributed by atoms with Crippen LogP contribution < -0.4 is 5.32 Å². The van der Waals surface area contributed by atoms with Crippen molar-refractivity contribution in [1.82, 2.24) is 5.32 Å².